The van der Waals surface area contributed by atoms with Crippen LogP contribution in [0.15, 0.2) is 73.5 Å². The van der Waals surface area contributed by atoms with Gasteiger partial charge in [0.15, 0.2) is 0 Å². The fourth-order valence-corrected chi connectivity index (χ4v) is 7.73. The molecule has 0 radical (unpaired) electrons. The molecule has 0 saturated carbocycles. The maximum absolute atomic E-state index is 13.1. The molecular formula is C41H51N3O6. The summed E-state index contributed by atoms with van der Waals surface area (Å²) >= 11 is 0. The highest BCUT2D eigenvalue weighted by atomic mass is 16.6. The summed E-state index contributed by atoms with van der Waals surface area (Å²) in [4.78, 5) is 55.4. The Morgan fingerprint density at radius 3 is 1.78 bits per heavy atom. The molecule has 2 aromatic carbocycles. The maximum Gasteiger partial charge on any atom is 0.417 e. The van der Waals surface area contributed by atoms with Crippen molar-refractivity contribution in [3.05, 3.63) is 107 Å². The molecule has 0 spiro atoms. The molecule has 2 saturated heterocycles. The largest absolute Gasteiger partial charge is 0.443 e. The number of carbonyl (C=O) groups is 4. The normalized spacial score (nSPS) is 22.7. The van der Waals surface area contributed by atoms with Gasteiger partial charge in [0, 0.05) is 38.2 Å². The van der Waals surface area contributed by atoms with E-state index in [1.54, 1.807) is 0 Å². The number of likely N-dealkylation sites (tertiary alicyclic amines) is 2. The fraction of sp³-hybridized carbons (Fsp3) is 0.463. The molecular weight excluding hydrogens is 630 g/mol. The van der Waals surface area contributed by atoms with E-state index in [2.05, 4.69) is 25.3 Å². The minimum absolute atomic E-state index is 0.0478. The molecule has 0 bridgehead atoms. The van der Waals surface area contributed by atoms with Gasteiger partial charge < -0.3 is 14.4 Å². The van der Waals surface area contributed by atoms with Crippen molar-refractivity contribution in [1.29, 1.82) is 0 Å². The van der Waals surface area contributed by atoms with Crippen LogP contribution >= 0.6 is 0 Å². The number of hydrogen-bond donors (Lipinski definition) is 0. The number of carbonyl (C=O) groups excluding carboxylic acids is 4. The molecule has 2 aliphatic carbocycles. The van der Waals surface area contributed by atoms with Gasteiger partial charge in [0.1, 0.15) is 11.2 Å². The van der Waals surface area contributed by atoms with Gasteiger partial charge in [-0.1, -0.05) is 48.6 Å². The van der Waals surface area contributed by atoms with Crippen LogP contribution in [-0.4, -0.2) is 64.0 Å². The van der Waals surface area contributed by atoms with E-state index in [1.165, 1.54) is 32.1 Å². The molecule has 9 heteroatoms. The SMILES string of the molecule is C=CCc1cccc2c1CC1/C(=C/N(C)C)C(=O)N(C(=O)OC(C)(C)C)C21.C=CCc1cccc2c1CC1CC(=O)N(C(=O)OC(C)(C)C)C21. The molecule has 2 aliphatic heterocycles. The lowest BCUT2D eigenvalue weighted by Crippen LogP contribution is -2.39. The lowest BCUT2D eigenvalue weighted by Gasteiger charge is -2.27. The Morgan fingerprint density at radius 2 is 1.28 bits per heavy atom. The zero-order chi connectivity index (χ0) is 36.7. The van der Waals surface area contributed by atoms with Gasteiger partial charge >= 0.3 is 12.2 Å². The fourth-order valence-electron chi connectivity index (χ4n) is 7.73. The number of hydrogen-bond acceptors (Lipinski definition) is 7. The van der Waals surface area contributed by atoms with Crippen LogP contribution in [-0.2, 0) is 44.7 Å². The molecule has 2 fully saturated rings. The summed E-state index contributed by atoms with van der Waals surface area (Å²) < 4.78 is 11.0. The highest BCUT2D eigenvalue weighted by Crippen LogP contribution is 2.51. The highest BCUT2D eigenvalue weighted by molar-refractivity contribution is 6.06. The summed E-state index contributed by atoms with van der Waals surface area (Å²) in [5.41, 5.74) is 6.46. The van der Waals surface area contributed by atoms with Crippen molar-refractivity contribution < 1.29 is 28.7 Å². The van der Waals surface area contributed by atoms with Crippen LogP contribution in [0.1, 0.15) is 93.4 Å². The van der Waals surface area contributed by atoms with E-state index in [4.69, 9.17) is 9.47 Å². The van der Waals surface area contributed by atoms with Crippen molar-refractivity contribution in [2.24, 2.45) is 11.8 Å². The Morgan fingerprint density at radius 1 is 0.780 bits per heavy atom. The lowest BCUT2D eigenvalue weighted by molar-refractivity contribution is -0.128. The van der Waals surface area contributed by atoms with Crippen molar-refractivity contribution in [1.82, 2.24) is 14.7 Å². The van der Waals surface area contributed by atoms with Crippen molar-refractivity contribution >= 4 is 24.0 Å². The van der Waals surface area contributed by atoms with Crippen LogP contribution in [0.4, 0.5) is 9.59 Å². The van der Waals surface area contributed by atoms with Gasteiger partial charge in [-0.15, -0.1) is 13.2 Å². The van der Waals surface area contributed by atoms with Crippen LogP contribution in [0.25, 0.3) is 0 Å². The van der Waals surface area contributed by atoms with E-state index in [0.717, 1.165) is 36.8 Å². The first-order valence-electron chi connectivity index (χ1n) is 17.4. The van der Waals surface area contributed by atoms with Crippen LogP contribution in [0.3, 0.4) is 0 Å². The molecule has 0 aromatic heterocycles. The summed E-state index contributed by atoms with van der Waals surface area (Å²) in [6.07, 6.45) is 8.08. The highest BCUT2D eigenvalue weighted by Gasteiger charge is 2.53. The van der Waals surface area contributed by atoms with Crippen LogP contribution < -0.4 is 0 Å². The number of nitrogens with zero attached hydrogens (tertiary/aromatic N) is 3. The van der Waals surface area contributed by atoms with Gasteiger partial charge in [-0.25, -0.2) is 19.4 Å². The molecule has 4 unspecified atom stereocenters. The van der Waals surface area contributed by atoms with Crippen molar-refractivity contribution in [2.75, 3.05) is 14.1 Å². The molecule has 0 N–H and O–H groups in total. The Balaban J connectivity index is 0.000000197. The van der Waals surface area contributed by atoms with E-state index >= 15 is 0 Å². The van der Waals surface area contributed by atoms with Crippen LogP contribution in [0.5, 0.6) is 0 Å². The number of benzene rings is 2. The van der Waals surface area contributed by atoms with Crippen LogP contribution in [0.2, 0.25) is 0 Å². The third-order valence-electron chi connectivity index (χ3n) is 9.41. The van der Waals surface area contributed by atoms with E-state index < -0.39 is 23.4 Å². The average molecular weight is 682 g/mol. The molecule has 50 heavy (non-hydrogen) atoms. The van der Waals surface area contributed by atoms with E-state index in [9.17, 15) is 19.2 Å². The van der Waals surface area contributed by atoms with Gasteiger partial charge in [-0.3, -0.25) is 9.59 Å². The molecule has 6 rings (SSSR count). The minimum Gasteiger partial charge on any atom is -0.443 e. The Labute approximate surface area is 296 Å². The summed E-state index contributed by atoms with van der Waals surface area (Å²) in [5.74, 6) is -0.272. The van der Waals surface area contributed by atoms with Gasteiger partial charge in [-0.05, 0) is 107 Å². The third-order valence-corrected chi connectivity index (χ3v) is 9.41. The quantitative estimate of drug-likeness (QED) is 0.236. The molecule has 4 amide bonds. The Kier molecular flexibility index (Phi) is 10.2. The number of fused-ring (bicyclic) bond motifs is 6. The summed E-state index contributed by atoms with van der Waals surface area (Å²) in [5, 5.41) is 0. The smallest absolute Gasteiger partial charge is 0.417 e. The number of allylic oxidation sites excluding steroid dienone is 2. The first kappa shape index (κ1) is 36.6. The van der Waals surface area contributed by atoms with Crippen molar-refractivity contribution in [3.63, 3.8) is 0 Å². The predicted molar refractivity (Wildman–Crippen MR) is 193 cm³/mol. The Hall–Kier alpha value is -4.66. The first-order valence-corrected chi connectivity index (χ1v) is 17.4. The predicted octanol–water partition coefficient (Wildman–Crippen LogP) is 7.65. The Bertz CT molecular complexity index is 1740. The number of rotatable bonds is 5. The van der Waals surface area contributed by atoms with E-state index in [1.807, 2.05) is 103 Å². The zero-order valence-electron chi connectivity index (χ0n) is 30.7. The number of ether oxygens (including phenoxy) is 2. The molecule has 2 heterocycles. The number of amides is 4. The second-order valence-electron chi connectivity index (χ2n) is 15.8. The third kappa shape index (κ3) is 7.28. The maximum atomic E-state index is 13.1. The van der Waals surface area contributed by atoms with Crippen LogP contribution in [0, 0.1) is 11.8 Å². The van der Waals surface area contributed by atoms with Gasteiger partial charge in [0.25, 0.3) is 5.91 Å². The molecule has 2 aromatic rings. The molecule has 4 atom stereocenters. The monoisotopic (exact) mass is 681 g/mol. The van der Waals surface area contributed by atoms with E-state index in [0.29, 0.717) is 12.0 Å². The second-order valence-corrected chi connectivity index (χ2v) is 15.8. The zero-order valence-corrected chi connectivity index (χ0v) is 30.7. The summed E-state index contributed by atoms with van der Waals surface area (Å²) in [6, 6.07) is 11.7. The standard InChI is InChI=1S/C22H28N2O3.C19H23NO3/c1-7-9-14-10-8-11-15-16(14)12-17-18(13-23(5)6)20(25)24(19(15)17)21(26)27-22(2,3)4;1-5-7-12-8-6-9-14-15(12)10-13-11-16(21)20(17(13)14)18(22)23-19(2,3)4/h7-8,10-11,13,17,19H,1,9,12H2,2-6H3;5-6,8-9,13,17H,1,7,10-11H2,2-4H3/b18-13-;. The summed E-state index contributed by atoms with van der Waals surface area (Å²) in [6.45, 7) is 18.5. The van der Waals surface area contributed by atoms with Crippen molar-refractivity contribution in [2.45, 2.75) is 96.9 Å². The minimum atomic E-state index is -0.660. The summed E-state index contributed by atoms with van der Waals surface area (Å²) in [7, 11) is 3.77. The van der Waals surface area contributed by atoms with Gasteiger partial charge in [-0.2, -0.15) is 0 Å². The second kappa shape index (κ2) is 13.9. The first-order chi connectivity index (χ1) is 23.5. The molecule has 4 aliphatic rings. The van der Waals surface area contributed by atoms with Crippen molar-refractivity contribution in [3.8, 4) is 0 Å². The molecule has 9 nitrogen and oxygen atoms in total. The lowest BCUT2D eigenvalue weighted by atomic mass is 9.96. The van der Waals surface area contributed by atoms with E-state index in [-0.39, 0.29) is 35.7 Å². The topological polar surface area (TPSA) is 96.5 Å². The van der Waals surface area contributed by atoms with Gasteiger partial charge in [0.2, 0.25) is 5.91 Å². The number of imide groups is 2. The average Bonchev–Trinajstić information content (AvgIpc) is 3.70. The molecule has 266 valence electrons. The van der Waals surface area contributed by atoms with Gasteiger partial charge in [0.05, 0.1) is 12.1 Å².